The van der Waals surface area contributed by atoms with Crippen LogP contribution in [-0.4, -0.2) is 59.7 Å². The first kappa shape index (κ1) is 20.6. The SMILES string of the molecule is O=C(Cc1csc(-c2cccnc2)n1)N1CCN(S(=O)(=O)c2ccccc2F)CC1. The molecule has 0 aliphatic carbocycles. The highest BCUT2D eigenvalue weighted by Gasteiger charge is 2.31. The molecule has 1 saturated heterocycles. The molecule has 7 nitrogen and oxygen atoms in total. The highest BCUT2D eigenvalue weighted by Crippen LogP contribution is 2.24. The summed E-state index contributed by atoms with van der Waals surface area (Å²) in [4.78, 5) is 22.5. The molecule has 0 spiro atoms. The molecule has 1 aromatic carbocycles. The minimum Gasteiger partial charge on any atom is -0.340 e. The van der Waals surface area contributed by atoms with E-state index in [0.717, 1.165) is 16.6 Å². The average Bonchev–Trinajstić information content (AvgIpc) is 3.23. The Balaban J connectivity index is 1.37. The normalized spacial score (nSPS) is 15.3. The summed E-state index contributed by atoms with van der Waals surface area (Å²) in [5.41, 5.74) is 1.57. The lowest BCUT2D eigenvalue weighted by Crippen LogP contribution is -2.51. The van der Waals surface area contributed by atoms with Gasteiger partial charge in [0.2, 0.25) is 15.9 Å². The fourth-order valence-corrected chi connectivity index (χ4v) is 5.55. The number of pyridine rings is 1. The third-order valence-electron chi connectivity index (χ3n) is 4.84. The van der Waals surface area contributed by atoms with Crippen molar-refractivity contribution in [3.05, 3.63) is 65.7 Å². The molecule has 2 aromatic heterocycles. The molecule has 3 heterocycles. The van der Waals surface area contributed by atoms with Crippen molar-refractivity contribution in [3.63, 3.8) is 0 Å². The number of benzene rings is 1. The Morgan fingerprint density at radius 2 is 1.87 bits per heavy atom. The lowest BCUT2D eigenvalue weighted by Gasteiger charge is -2.34. The number of hydrogen-bond donors (Lipinski definition) is 0. The van der Waals surface area contributed by atoms with E-state index in [1.165, 1.54) is 33.8 Å². The van der Waals surface area contributed by atoms with Crippen LogP contribution >= 0.6 is 11.3 Å². The number of carbonyl (C=O) groups excluding carboxylic acids is 1. The molecule has 30 heavy (non-hydrogen) atoms. The molecule has 10 heteroatoms. The topological polar surface area (TPSA) is 83.5 Å². The van der Waals surface area contributed by atoms with Gasteiger partial charge in [-0.2, -0.15) is 4.31 Å². The van der Waals surface area contributed by atoms with E-state index in [1.807, 2.05) is 17.5 Å². The number of thiazole rings is 1. The van der Waals surface area contributed by atoms with Crippen molar-refractivity contribution >= 4 is 27.3 Å². The molecular weight excluding hydrogens is 427 g/mol. The monoisotopic (exact) mass is 446 g/mol. The molecule has 4 rings (SSSR count). The van der Waals surface area contributed by atoms with Gasteiger partial charge in [0.25, 0.3) is 0 Å². The zero-order valence-electron chi connectivity index (χ0n) is 15.9. The number of amides is 1. The minimum atomic E-state index is -3.92. The van der Waals surface area contributed by atoms with Crippen LogP contribution in [0.15, 0.2) is 59.1 Å². The van der Waals surface area contributed by atoms with E-state index < -0.39 is 15.8 Å². The number of sulfonamides is 1. The second-order valence-electron chi connectivity index (χ2n) is 6.78. The largest absolute Gasteiger partial charge is 0.340 e. The first-order chi connectivity index (χ1) is 14.4. The Morgan fingerprint density at radius 3 is 2.57 bits per heavy atom. The van der Waals surface area contributed by atoms with Crippen molar-refractivity contribution in [1.82, 2.24) is 19.2 Å². The molecule has 1 fully saturated rings. The molecule has 0 radical (unpaired) electrons. The second kappa shape index (κ2) is 8.58. The lowest BCUT2D eigenvalue weighted by atomic mass is 10.2. The van der Waals surface area contributed by atoms with Gasteiger partial charge in [-0.25, -0.2) is 17.8 Å². The van der Waals surface area contributed by atoms with E-state index in [-0.39, 0.29) is 43.4 Å². The maximum absolute atomic E-state index is 13.9. The van der Waals surface area contributed by atoms with Crippen molar-refractivity contribution in [2.24, 2.45) is 0 Å². The van der Waals surface area contributed by atoms with Gasteiger partial charge in [0.05, 0.1) is 12.1 Å². The van der Waals surface area contributed by atoms with Crippen LogP contribution in [0.25, 0.3) is 10.6 Å². The van der Waals surface area contributed by atoms with Crippen molar-refractivity contribution in [2.75, 3.05) is 26.2 Å². The third kappa shape index (κ3) is 4.25. The number of nitrogens with zero attached hydrogens (tertiary/aromatic N) is 4. The number of carbonyl (C=O) groups is 1. The fraction of sp³-hybridized carbons (Fsp3) is 0.250. The molecule has 1 aliphatic heterocycles. The van der Waals surface area contributed by atoms with Crippen LogP contribution in [0, 0.1) is 5.82 Å². The van der Waals surface area contributed by atoms with Crippen molar-refractivity contribution in [1.29, 1.82) is 0 Å². The standard InChI is InChI=1S/C20H19FN4O3S2/c21-17-5-1-2-6-18(17)30(27,28)25-10-8-24(9-11-25)19(26)12-16-14-29-20(23-16)15-4-3-7-22-13-15/h1-7,13-14H,8-12H2. The molecule has 0 saturated carbocycles. The summed E-state index contributed by atoms with van der Waals surface area (Å²) < 4.78 is 40.5. The van der Waals surface area contributed by atoms with Gasteiger partial charge in [-0.15, -0.1) is 11.3 Å². The van der Waals surface area contributed by atoms with Gasteiger partial charge in [-0.05, 0) is 24.3 Å². The number of piperazine rings is 1. The Bertz CT molecular complexity index is 1140. The summed E-state index contributed by atoms with van der Waals surface area (Å²) in [5.74, 6) is -0.884. The molecule has 156 valence electrons. The Hall–Kier alpha value is -2.69. The first-order valence-electron chi connectivity index (χ1n) is 9.32. The number of halogens is 1. The van der Waals surface area contributed by atoms with Crippen LogP contribution < -0.4 is 0 Å². The smallest absolute Gasteiger partial charge is 0.246 e. The van der Waals surface area contributed by atoms with Crippen molar-refractivity contribution in [3.8, 4) is 10.6 Å². The van der Waals surface area contributed by atoms with Crippen LogP contribution in [0.4, 0.5) is 4.39 Å². The summed E-state index contributed by atoms with van der Waals surface area (Å²) in [5, 5.41) is 2.64. The second-order valence-corrected chi connectivity index (χ2v) is 9.54. The van der Waals surface area contributed by atoms with Gasteiger partial charge < -0.3 is 4.90 Å². The Morgan fingerprint density at radius 1 is 1.10 bits per heavy atom. The van der Waals surface area contributed by atoms with Gasteiger partial charge in [0, 0.05) is 49.5 Å². The summed E-state index contributed by atoms with van der Waals surface area (Å²) >= 11 is 1.45. The summed E-state index contributed by atoms with van der Waals surface area (Å²) in [6.07, 6.45) is 3.56. The van der Waals surface area contributed by atoms with Gasteiger partial charge in [0.1, 0.15) is 15.7 Å². The maximum Gasteiger partial charge on any atom is 0.246 e. The first-order valence-corrected chi connectivity index (χ1v) is 11.6. The zero-order chi connectivity index (χ0) is 21.1. The molecule has 0 unspecified atom stereocenters. The lowest BCUT2D eigenvalue weighted by molar-refractivity contribution is -0.131. The van der Waals surface area contributed by atoms with Crippen LogP contribution in [0.2, 0.25) is 0 Å². The number of aromatic nitrogens is 2. The Labute approximate surface area is 177 Å². The van der Waals surface area contributed by atoms with Gasteiger partial charge in [0.15, 0.2) is 0 Å². The van der Waals surface area contributed by atoms with Crippen LogP contribution in [-0.2, 0) is 21.2 Å². The predicted octanol–water partition coefficient (Wildman–Crippen LogP) is 2.42. The van der Waals surface area contributed by atoms with E-state index in [9.17, 15) is 17.6 Å². The highest BCUT2D eigenvalue weighted by molar-refractivity contribution is 7.89. The fourth-order valence-electron chi connectivity index (χ4n) is 3.25. The molecule has 0 N–H and O–H groups in total. The molecular formula is C20H19FN4O3S2. The summed E-state index contributed by atoms with van der Waals surface area (Å²) in [6, 6.07) is 9.06. The average molecular weight is 447 g/mol. The van der Waals surface area contributed by atoms with E-state index in [1.54, 1.807) is 17.3 Å². The number of rotatable bonds is 5. The van der Waals surface area contributed by atoms with Gasteiger partial charge >= 0.3 is 0 Å². The Kier molecular flexibility index (Phi) is 5.89. The maximum atomic E-state index is 13.9. The van der Waals surface area contributed by atoms with Gasteiger partial charge in [-0.3, -0.25) is 9.78 Å². The quantitative estimate of drug-likeness (QED) is 0.601. The molecule has 1 aliphatic rings. The molecule has 1 amide bonds. The third-order valence-corrected chi connectivity index (χ3v) is 7.71. The van der Waals surface area contributed by atoms with Crippen LogP contribution in [0.1, 0.15) is 5.69 Å². The molecule has 0 atom stereocenters. The van der Waals surface area contributed by atoms with Crippen molar-refractivity contribution < 1.29 is 17.6 Å². The van der Waals surface area contributed by atoms with E-state index >= 15 is 0 Å². The molecule has 0 bridgehead atoms. The summed E-state index contributed by atoms with van der Waals surface area (Å²) in [7, 11) is -3.92. The van der Waals surface area contributed by atoms with E-state index in [2.05, 4.69) is 9.97 Å². The van der Waals surface area contributed by atoms with E-state index in [0.29, 0.717) is 5.69 Å². The summed E-state index contributed by atoms with van der Waals surface area (Å²) in [6.45, 7) is 0.763. The van der Waals surface area contributed by atoms with Crippen LogP contribution in [0.3, 0.4) is 0 Å². The predicted molar refractivity (Wildman–Crippen MR) is 111 cm³/mol. The van der Waals surface area contributed by atoms with Gasteiger partial charge in [-0.1, -0.05) is 12.1 Å². The zero-order valence-corrected chi connectivity index (χ0v) is 17.6. The van der Waals surface area contributed by atoms with Crippen molar-refractivity contribution in [2.45, 2.75) is 11.3 Å². The highest BCUT2D eigenvalue weighted by atomic mass is 32.2. The minimum absolute atomic E-state index is 0.110. The van der Waals surface area contributed by atoms with E-state index in [4.69, 9.17) is 0 Å². The molecule has 3 aromatic rings. The number of hydrogen-bond acceptors (Lipinski definition) is 6. The van der Waals surface area contributed by atoms with Crippen LogP contribution in [0.5, 0.6) is 0 Å².